The Morgan fingerprint density at radius 3 is 2.54 bits per heavy atom. The Hall–Kier alpha value is -2.78. The van der Waals surface area contributed by atoms with E-state index in [9.17, 15) is 9.59 Å². The molecule has 0 spiro atoms. The van der Waals surface area contributed by atoms with Gasteiger partial charge < -0.3 is 9.64 Å². The van der Waals surface area contributed by atoms with E-state index in [-0.39, 0.29) is 17.5 Å². The van der Waals surface area contributed by atoms with E-state index in [1.165, 1.54) is 22.9 Å². The molecule has 1 aliphatic rings. The first-order valence-electron chi connectivity index (χ1n) is 8.82. The van der Waals surface area contributed by atoms with Gasteiger partial charge >= 0.3 is 0 Å². The molecule has 1 aromatic carbocycles. The lowest BCUT2D eigenvalue weighted by atomic mass is 10.3. The van der Waals surface area contributed by atoms with Gasteiger partial charge in [-0.1, -0.05) is 6.07 Å². The van der Waals surface area contributed by atoms with E-state index < -0.39 is 0 Å². The quantitative estimate of drug-likeness (QED) is 0.658. The lowest BCUT2D eigenvalue weighted by Crippen LogP contribution is -2.31. The zero-order valence-corrected chi connectivity index (χ0v) is 16.8. The minimum absolute atomic E-state index is 0.182. The van der Waals surface area contributed by atoms with Crippen LogP contribution in [0.25, 0.3) is 5.69 Å². The first-order valence-corrected chi connectivity index (χ1v) is 10.5. The number of aromatic nitrogens is 2. The molecule has 0 unspecified atom stereocenters. The number of ether oxygens (including phenoxy) is 1. The summed E-state index contributed by atoms with van der Waals surface area (Å²) in [7, 11) is 1.60. The van der Waals surface area contributed by atoms with Gasteiger partial charge in [-0.3, -0.25) is 9.59 Å². The van der Waals surface area contributed by atoms with E-state index in [1.807, 2.05) is 29.6 Å². The number of hydrogen-bond acceptors (Lipinski definition) is 6. The summed E-state index contributed by atoms with van der Waals surface area (Å²) in [5.74, 6) is 0.182. The largest absolute Gasteiger partial charge is 0.497 e. The minimum atomic E-state index is -0.365. The molecule has 0 radical (unpaired) electrons. The third-order valence-corrected chi connectivity index (χ3v) is 6.17. The maximum absolute atomic E-state index is 12.9. The molecule has 1 aliphatic heterocycles. The molecule has 7 nitrogen and oxygen atoms in total. The summed E-state index contributed by atoms with van der Waals surface area (Å²) in [6, 6.07) is 10.8. The van der Waals surface area contributed by atoms with Crippen LogP contribution in [0.2, 0.25) is 0 Å². The van der Waals surface area contributed by atoms with E-state index >= 15 is 0 Å². The Balaban J connectivity index is 1.76. The summed E-state index contributed by atoms with van der Waals surface area (Å²) in [6.45, 7) is 1.41. The van der Waals surface area contributed by atoms with Gasteiger partial charge in [0.05, 0.1) is 17.7 Å². The van der Waals surface area contributed by atoms with Crippen LogP contribution in [0.1, 0.15) is 33.0 Å². The molecule has 28 heavy (non-hydrogen) atoms. The highest BCUT2D eigenvalue weighted by Gasteiger charge is 2.25. The fraction of sp³-hybridized carbons (Fsp3) is 0.263. The molecular weight excluding hydrogens is 396 g/mol. The molecule has 3 aromatic rings. The summed E-state index contributed by atoms with van der Waals surface area (Å²) >= 11 is 2.50. The second kappa shape index (κ2) is 8.07. The van der Waals surface area contributed by atoms with Gasteiger partial charge in [0.1, 0.15) is 5.75 Å². The molecule has 0 aliphatic carbocycles. The van der Waals surface area contributed by atoms with Crippen molar-refractivity contribution in [1.82, 2.24) is 14.1 Å². The van der Waals surface area contributed by atoms with Crippen molar-refractivity contribution < 1.29 is 14.3 Å². The number of rotatable bonds is 4. The summed E-state index contributed by atoms with van der Waals surface area (Å²) in [4.78, 5) is 31.9. The van der Waals surface area contributed by atoms with Crippen molar-refractivity contribution in [1.29, 1.82) is 0 Å². The van der Waals surface area contributed by atoms with Gasteiger partial charge in [-0.2, -0.15) is 9.06 Å². The van der Waals surface area contributed by atoms with Gasteiger partial charge in [0.15, 0.2) is 10.4 Å². The molecule has 1 fully saturated rings. The van der Waals surface area contributed by atoms with Gasteiger partial charge in [0.25, 0.3) is 11.8 Å². The molecule has 0 bridgehead atoms. The van der Waals surface area contributed by atoms with Crippen molar-refractivity contribution in [2.24, 2.45) is 4.99 Å². The van der Waals surface area contributed by atoms with Crippen LogP contribution in [0.15, 0.2) is 46.8 Å². The van der Waals surface area contributed by atoms with E-state index in [0.29, 0.717) is 22.6 Å². The van der Waals surface area contributed by atoms with E-state index in [1.54, 1.807) is 28.2 Å². The van der Waals surface area contributed by atoms with Crippen LogP contribution in [0, 0.1) is 0 Å². The number of hydrogen-bond donors (Lipinski definition) is 0. The lowest BCUT2D eigenvalue weighted by molar-refractivity contribution is 0.0785. The van der Waals surface area contributed by atoms with Gasteiger partial charge in [0.2, 0.25) is 0 Å². The molecule has 0 atom stereocenters. The molecule has 9 heteroatoms. The Kier molecular flexibility index (Phi) is 5.36. The summed E-state index contributed by atoms with van der Waals surface area (Å²) in [5, 5.41) is 6.30. The Labute approximate surface area is 169 Å². The fourth-order valence-corrected chi connectivity index (χ4v) is 4.38. The highest BCUT2D eigenvalue weighted by molar-refractivity contribution is 7.12. The standard InChI is InChI=1S/C19H18N4O3S2/c1-26-14-8-6-13(7-9-14)23-21-16(19(25)22-10-2-3-11-22)18(28-23)20-17(24)15-5-4-12-27-15/h4-9,12H,2-3,10-11H2,1H3. The van der Waals surface area contributed by atoms with E-state index in [4.69, 9.17) is 4.74 Å². The fourth-order valence-electron chi connectivity index (χ4n) is 2.92. The molecular formula is C19H18N4O3S2. The van der Waals surface area contributed by atoms with Crippen LogP contribution in [0.5, 0.6) is 5.75 Å². The minimum Gasteiger partial charge on any atom is -0.497 e. The average molecular weight is 415 g/mol. The maximum atomic E-state index is 12.9. The third-order valence-electron chi connectivity index (χ3n) is 4.39. The van der Waals surface area contributed by atoms with Crippen molar-refractivity contribution in [2.75, 3.05) is 20.2 Å². The number of carbonyl (C=O) groups excluding carboxylic acids is 2. The highest BCUT2D eigenvalue weighted by Crippen LogP contribution is 2.17. The Morgan fingerprint density at radius 2 is 1.89 bits per heavy atom. The summed E-state index contributed by atoms with van der Waals surface area (Å²) in [5.41, 5.74) is 0.985. The maximum Gasteiger partial charge on any atom is 0.288 e. The Bertz CT molecular complexity index is 1050. The first-order chi connectivity index (χ1) is 13.7. The molecule has 1 saturated heterocycles. The van der Waals surface area contributed by atoms with Crippen LogP contribution in [0.3, 0.4) is 0 Å². The predicted molar refractivity (Wildman–Crippen MR) is 107 cm³/mol. The number of carbonyl (C=O) groups is 2. The molecule has 2 amide bonds. The van der Waals surface area contributed by atoms with Gasteiger partial charge in [0, 0.05) is 13.1 Å². The SMILES string of the molecule is COc1ccc(-n2nc(C(=O)N3CCCC3)c(=NC(=O)c3cccs3)s2)cc1. The van der Waals surface area contributed by atoms with Crippen LogP contribution < -0.4 is 9.41 Å². The molecule has 3 heterocycles. The zero-order chi connectivity index (χ0) is 19.5. The number of thiophene rings is 1. The molecule has 2 aromatic heterocycles. The summed E-state index contributed by atoms with van der Waals surface area (Å²) in [6.07, 6.45) is 1.96. The van der Waals surface area contributed by atoms with Crippen molar-refractivity contribution in [3.63, 3.8) is 0 Å². The smallest absolute Gasteiger partial charge is 0.288 e. The predicted octanol–water partition coefficient (Wildman–Crippen LogP) is 2.98. The third kappa shape index (κ3) is 3.76. The van der Waals surface area contributed by atoms with Crippen molar-refractivity contribution in [3.05, 3.63) is 57.0 Å². The van der Waals surface area contributed by atoms with E-state index in [0.717, 1.165) is 24.3 Å². The van der Waals surface area contributed by atoms with Crippen LogP contribution in [-0.2, 0) is 0 Å². The average Bonchev–Trinajstić information content (AvgIpc) is 3.49. The number of benzene rings is 1. The highest BCUT2D eigenvalue weighted by atomic mass is 32.1. The topological polar surface area (TPSA) is 76.8 Å². The molecule has 144 valence electrons. The van der Waals surface area contributed by atoms with Crippen LogP contribution in [0.4, 0.5) is 0 Å². The van der Waals surface area contributed by atoms with Crippen molar-refractivity contribution in [2.45, 2.75) is 12.8 Å². The number of methoxy groups -OCH3 is 1. The number of nitrogens with zero attached hydrogens (tertiary/aromatic N) is 4. The first kappa shape index (κ1) is 18.6. The zero-order valence-electron chi connectivity index (χ0n) is 15.2. The van der Waals surface area contributed by atoms with E-state index in [2.05, 4.69) is 10.1 Å². The summed E-state index contributed by atoms with van der Waals surface area (Å²) < 4.78 is 7.12. The van der Waals surface area contributed by atoms with Crippen LogP contribution >= 0.6 is 22.9 Å². The van der Waals surface area contributed by atoms with Crippen LogP contribution in [-0.4, -0.2) is 46.1 Å². The van der Waals surface area contributed by atoms with Crippen molar-refractivity contribution >= 4 is 34.7 Å². The monoisotopic (exact) mass is 414 g/mol. The molecule has 0 saturated carbocycles. The normalized spacial score (nSPS) is 14.5. The van der Waals surface area contributed by atoms with Crippen molar-refractivity contribution in [3.8, 4) is 11.4 Å². The second-order valence-electron chi connectivity index (χ2n) is 6.21. The number of amides is 2. The molecule has 4 rings (SSSR count). The molecule has 0 N–H and O–H groups in total. The van der Waals surface area contributed by atoms with Gasteiger partial charge in [-0.25, -0.2) is 0 Å². The second-order valence-corrected chi connectivity index (χ2v) is 8.07. The van der Waals surface area contributed by atoms with Gasteiger partial charge in [-0.05, 0) is 60.1 Å². The van der Waals surface area contributed by atoms with Gasteiger partial charge in [-0.15, -0.1) is 16.4 Å². The lowest BCUT2D eigenvalue weighted by Gasteiger charge is -2.12. The number of likely N-dealkylation sites (tertiary alicyclic amines) is 1. The Morgan fingerprint density at radius 1 is 1.14 bits per heavy atom.